The van der Waals surface area contributed by atoms with Crippen LogP contribution in [0.25, 0.3) is 11.0 Å². The van der Waals surface area contributed by atoms with E-state index < -0.39 is 5.54 Å². The Labute approximate surface area is 113 Å². The van der Waals surface area contributed by atoms with Crippen LogP contribution in [0.1, 0.15) is 12.7 Å². The number of carbonyl (C=O) groups excluding carboxylic acids is 1. The molecule has 0 aliphatic rings. The molecule has 0 radical (unpaired) electrons. The number of furan rings is 1. The minimum Gasteiger partial charge on any atom is -0.467 e. The molecule has 1 unspecified atom stereocenters. The predicted molar refractivity (Wildman–Crippen MR) is 72.3 cm³/mol. The molecule has 1 atom stereocenters. The number of carbonyl (C=O) groups is 1. The van der Waals surface area contributed by atoms with Crippen LogP contribution in [0.2, 0.25) is 0 Å². The molecule has 0 aliphatic heterocycles. The van der Waals surface area contributed by atoms with Crippen molar-refractivity contribution >= 4 is 32.9 Å². The van der Waals surface area contributed by atoms with Crippen LogP contribution >= 0.6 is 15.9 Å². The zero-order chi connectivity index (χ0) is 13.3. The highest BCUT2D eigenvalue weighted by Crippen LogP contribution is 2.30. The van der Waals surface area contributed by atoms with Crippen LogP contribution in [0.5, 0.6) is 0 Å². The molecule has 18 heavy (non-hydrogen) atoms. The van der Waals surface area contributed by atoms with E-state index in [1.807, 2.05) is 24.3 Å². The van der Waals surface area contributed by atoms with E-state index >= 15 is 0 Å². The van der Waals surface area contributed by atoms with Gasteiger partial charge in [0.05, 0.1) is 7.11 Å². The van der Waals surface area contributed by atoms with Gasteiger partial charge in [0.15, 0.2) is 5.54 Å². The molecule has 1 aromatic carbocycles. The summed E-state index contributed by atoms with van der Waals surface area (Å²) in [5.74, 6) is 0.146. The van der Waals surface area contributed by atoms with Gasteiger partial charge in [0.1, 0.15) is 11.3 Å². The van der Waals surface area contributed by atoms with E-state index in [1.165, 1.54) is 7.11 Å². The molecule has 1 aromatic heterocycles. The van der Waals surface area contributed by atoms with Crippen molar-refractivity contribution in [1.82, 2.24) is 5.32 Å². The number of methoxy groups -OCH3 is 1. The molecule has 0 saturated heterocycles. The van der Waals surface area contributed by atoms with Crippen molar-refractivity contribution in [3.63, 3.8) is 0 Å². The van der Waals surface area contributed by atoms with Crippen molar-refractivity contribution in [3.05, 3.63) is 34.5 Å². The largest absolute Gasteiger partial charge is 0.467 e. The third kappa shape index (κ3) is 2.04. The third-order valence-corrected chi connectivity index (χ3v) is 3.56. The lowest BCUT2D eigenvalue weighted by atomic mass is 9.99. The maximum atomic E-state index is 11.9. The summed E-state index contributed by atoms with van der Waals surface area (Å²) in [6.07, 6.45) is 0. The summed E-state index contributed by atoms with van der Waals surface area (Å²) in [4.78, 5) is 11.9. The van der Waals surface area contributed by atoms with Crippen LogP contribution in [0, 0.1) is 0 Å². The number of rotatable bonds is 3. The van der Waals surface area contributed by atoms with Crippen LogP contribution in [-0.2, 0) is 15.1 Å². The number of hydrogen-bond donors (Lipinski definition) is 1. The van der Waals surface area contributed by atoms with Crippen molar-refractivity contribution in [2.75, 3.05) is 14.2 Å². The van der Waals surface area contributed by atoms with Crippen molar-refractivity contribution in [3.8, 4) is 0 Å². The van der Waals surface area contributed by atoms with Gasteiger partial charge < -0.3 is 9.15 Å². The minimum absolute atomic E-state index is 0.386. The fraction of sp³-hybridized carbons (Fsp3) is 0.308. The lowest BCUT2D eigenvalue weighted by Gasteiger charge is -2.23. The second-order valence-corrected chi connectivity index (χ2v) is 5.08. The van der Waals surface area contributed by atoms with Crippen LogP contribution in [0.15, 0.2) is 33.2 Å². The van der Waals surface area contributed by atoms with Crippen LogP contribution in [0.4, 0.5) is 0 Å². The van der Waals surface area contributed by atoms with Gasteiger partial charge in [-0.15, -0.1) is 0 Å². The highest BCUT2D eigenvalue weighted by molar-refractivity contribution is 9.10. The number of esters is 1. The van der Waals surface area contributed by atoms with Gasteiger partial charge in [0.25, 0.3) is 0 Å². The van der Waals surface area contributed by atoms with Gasteiger partial charge in [-0.1, -0.05) is 15.9 Å². The highest BCUT2D eigenvalue weighted by Gasteiger charge is 2.38. The number of benzene rings is 1. The van der Waals surface area contributed by atoms with E-state index in [1.54, 1.807) is 14.0 Å². The number of ether oxygens (including phenoxy) is 1. The Morgan fingerprint density at radius 3 is 2.78 bits per heavy atom. The first-order valence-corrected chi connectivity index (χ1v) is 6.27. The van der Waals surface area contributed by atoms with Crippen LogP contribution < -0.4 is 5.32 Å². The zero-order valence-corrected chi connectivity index (χ0v) is 12.0. The number of hydrogen-bond acceptors (Lipinski definition) is 4. The van der Waals surface area contributed by atoms with Crippen molar-refractivity contribution in [2.45, 2.75) is 12.5 Å². The lowest BCUT2D eigenvalue weighted by molar-refractivity contribution is -0.148. The van der Waals surface area contributed by atoms with Gasteiger partial charge in [0, 0.05) is 9.86 Å². The van der Waals surface area contributed by atoms with Crippen molar-refractivity contribution in [1.29, 1.82) is 0 Å². The average Bonchev–Trinajstić information content (AvgIpc) is 2.80. The van der Waals surface area contributed by atoms with E-state index in [0.29, 0.717) is 5.76 Å². The molecule has 0 spiro atoms. The lowest BCUT2D eigenvalue weighted by Crippen LogP contribution is -2.45. The molecule has 96 valence electrons. The summed E-state index contributed by atoms with van der Waals surface area (Å²) in [7, 11) is 3.05. The molecular formula is C13H14BrNO3. The van der Waals surface area contributed by atoms with Gasteiger partial charge >= 0.3 is 5.97 Å². The smallest absolute Gasteiger partial charge is 0.333 e. The Morgan fingerprint density at radius 1 is 1.44 bits per heavy atom. The molecule has 2 rings (SSSR count). The zero-order valence-electron chi connectivity index (χ0n) is 10.4. The van der Waals surface area contributed by atoms with Gasteiger partial charge in [0.2, 0.25) is 0 Å². The monoisotopic (exact) mass is 311 g/mol. The Hall–Kier alpha value is -1.33. The summed E-state index contributed by atoms with van der Waals surface area (Å²) in [5, 5.41) is 3.88. The predicted octanol–water partition coefficient (Wildman–Crippen LogP) is 2.80. The van der Waals surface area contributed by atoms with Crippen LogP contribution in [0.3, 0.4) is 0 Å². The van der Waals surface area contributed by atoms with Gasteiger partial charge in [-0.05, 0) is 38.2 Å². The van der Waals surface area contributed by atoms with E-state index in [4.69, 9.17) is 9.15 Å². The minimum atomic E-state index is -0.986. The second kappa shape index (κ2) is 4.74. The van der Waals surface area contributed by atoms with E-state index in [9.17, 15) is 4.79 Å². The Balaban J connectivity index is 2.55. The fourth-order valence-electron chi connectivity index (χ4n) is 1.79. The number of fused-ring (bicyclic) bond motifs is 1. The number of nitrogens with one attached hydrogen (secondary N) is 1. The molecule has 0 saturated carbocycles. The number of halogens is 1. The SMILES string of the molecule is CNC(C)(C(=O)OC)c1cc2cc(Br)ccc2o1. The summed E-state index contributed by atoms with van der Waals surface area (Å²) in [5.41, 5.74) is -0.251. The highest BCUT2D eigenvalue weighted by atomic mass is 79.9. The molecule has 5 heteroatoms. The molecule has 0 amide bonds. The first-order valence-electron chi connectivity index (χ1n) is 5.48. The van der Waals surface area contributed by atoms with Gasteiger partial charge in [-0.25, -0.2) is 4.79 Å². The molecule has 0 bridgehead atoms. The first-order chi connectivity index (χ1) is 8.51. The van der Waals surface area contributed by atoms with Crippen molar-refractivity contribution < 1.29 is 13.9 Å². The molecule has 2 aromatic rings. The summed E-state index contributed by atoms with van der Waals surface area (Å²) in [6.45, 7) is 1.73. The quantitative estimate of drug-likeness (QED) is 0.886. The van der Waals surface area contributed by atoms with Crippen LogP contribution in [-0.4, -0.2) is 20.1 Å². The molecule has 1 N–H and O–H groups in total. The summed E-state index contributed by atoms with van der Waals surface area (Å²) >= 11 is 3.40. The molecule has 1 heterocycles. The molecule has 0 fully saturated rings. The maximum Gasteiger partial charge on any atom is 0.333 e. The average molecular weight is 312 g/mol. The standard InChI is InChI=1S/C13H14BrNO3/c1-13(15-2,12(16)17-3)11-7-8-6-9(14)4-5-10(8)18-11/h4-7,15H,1-3H3. The molecule has 4 nitrogen and oxygen atoms in total. The fourth-order valence-corrected chi connectivity index (χ4v) is 2.17. The van der Waals surface area contributed by atoms with Gasteiger partial charge in [-0.2, -0.15) is 0 Å². The summed E-state index contributed by atoms with van der Waals surface area (Å²) in [6, 6.07) is 7.53. The Kier molecular flexibility index (Phi) is 3.45. The third-order valence-electron chi connectivity index (χ3n) is 3.06. The first kappa shape index (κ1) is 13.1. The normalized spacial score (nSPS) is 14.4. The van der Waals surface area contributed by atoms with E-state index in [2.05, 4.69) is 21.2 Å². The molecule has 0 aliphatic carbocycles. The summed E-state index contributed by atoms with van der Waals surface area (Å²) < 4.78 is 11.5. The Bertz CT molecular complexity index is 593. The Morgan fingerprint density at radius 2 is 2.17 bits per heavy atom. The number of likely N-dealkylation sites (N-methyl/N-ethyl adjacent to an activating group) is 1. The van der Waals surface area contributed by atoms with Crippen molar-refractivity contribution in [2.24, 2.45) is 0 Å². The topological polar surface area (TPSA) is 51.5 Å². The second-order valence-electron chi connectivity index (χ2n) is 4.16. The van der Waals surface area contributed by atoms with E-state index in [-0.39, 0.29) is 5.97 Å². The van der Waals surface area contributed by atoms with Gasteiger partial charge in [-0.3, -0.25) is 5.32 Å². The maximum absolute atomic E-state index is 11.9. The van der Waals surface area contributed by atoms with E-state index in [0.717, 1.165) is 15.4 Å². The molecular weight excluding hydrogens is 298 g/mol.